The number of piperidine rings is 1. The molecule has 0 amide bonds. The molecule has 1 aromatic rings. The second-order valence-electron chi connectivity index (χ2n) is 5.93. The van der Waals surface area contributed by atoms with Crippen LogP contribution >= 0.6 is 7.75 Å². The van der Waals surface area contributed by atoms with Crippen LogP contribution in [0.2, 0.25) is 0 Å². The number of benzene rings is 1. The van der Waals surface area contributed by atoms with E-state index in [4.69, 9.17) is 9.05 Å². The normalized spacial score (nSPS) is 20.0. The van der Waals surface area contributed by atoms with Crippen molar-refractivity contribution in [1.29, 1.82) is 0 Å². The van der Waals surface area contributed by atoms with Crippen LogP contribution < -0.4 is 10.4 Å². The highest BCUT2D eigenvalue weighted by Crippen LogP contribution is 2.44. The summed E-state index contributed by atoms with van der Waals surface area (Å²) in [4.78, 5) is 9.76. The minimum Gasteiger partial charge on any atom is -0.463 e. The molecular formula is C18H31N2O5P. The van der Waals surface area contributed by atoms with E-state index in [1.807, 2.05) is 44.2 Å². The Bertz CT molecular complexity index is 534. The average Bonchev–Trinajstić information content (AvgIpc) is 2.64. The molecular weight excluding hydrogens is 355 g/mol. The number of hydrogen-bond acceptors (Lipinski definition) is 6. The van der Waals surface area contributed by atoms with Crippen molar-refractivity contribution in [3.8, 4) is 0 Å². The van der Waals surface area contributed by atoms with Gasteiger partial charge in [0.2, 0.25) is 0 Å². The Labute approximate surface area is 156 Å². The zero-order valence-corrected chi connectivity index (χ0v) is 16.7. The van der Waals surface area contributed by atoms with Crippen molar-refractivity contribution in [3.05, 3.63) is 35.9 Å². The minimum absolute atomic E-state index is 0.151. The Kier molecular flexibility index (Phi) is 11.4. The van der Waals surface area contributed by atoms with Crippen LogP contribution in [-0.4, -0.2) is 38.8 Å². The lowest BCUT2D eigenvalue weighted by Crippen LogP contribution is -2.47. The third kappa shape index (κ3) is 8.92. The highest BCUT2D eigenvalue weighted by Gasteiger charge is 2.31. The molecule has 1 aromatic carbocycles. The van der Waals surface area contributed by atoms with Crippen LogP contribution in [0, 0.1) is 5.92 Å². The Balaban J connectivity index is 0.000000289. The molecule has 2 unspecified atom stereocenters. The maximum Gasteiger partial charge on any atom is 0.405 e. The molecule has 0 aromatic heterocycles. The summed E-state index contributed by atoms with van der Waals surface area (Å²) in [6.45, 7) is 9.21. The highest BCUT2D eigenvalue weighted by molar-refractivity contribution is 7.51. The molecule has 2 atom stereocenters. The summed E-state index contributed by atoms with van der Waals surface area (Å²) in [5.41, 5.74) is 1.01. The zero-order valence-electron chi connectivity index (χ0n) is 15.8. The van der Waals surface area contributed by atoms with Gasteiger partial charge in [0.1, 0.15) is 6.61 Å². The topological polar surface area (TPSA) is 85.9 Å². The molecule has 1 aliphatic heterocycles. The van der Waals surface area contributed by atoms with E-state index in [1.165, 1.54) is 0 Å². The van der Waals surface area contributed by atoms with Gasteiger partial charge >= 0.3 is 7.75 Å². The van der Waals surface area contributed by atoms with Crippen molar-refractivity contribution >= 4 is 14.2 Å². The molecule has 0 bridgehead atoms. The van der Waals surface area contributed by atoms with Gasteiger partial charge < -0.3 is 10.1 Å². The van der Waals surface area contributed by atoms with Gasteiger partial charge in [0, 0.05) is 12.6 Å². The van der Waals surface area contributed by atoms with E-state index in [0.29, 0.717) is 32.2 Å². The van der Waals surface area contributed by atoms with Crippen LogP contribution in [0.1, 0.15) is 32.8 Å². The van der Waals surface area contributed by atoms with Crippen LogP contribution in [0.15, 0.2) is 30.3 Å². The van der Waals surface area contributed by atoms with Gasteiger partial charge in [-0.25, -0.2) is 9.65 Å². The molecule has 0 saturated carbocycles. The standard InChI is InChI=1S/C10H23N2O3P.C8H8O2/c1-4-14-16(13,15-5-2)12-10-8-11-7-6-9(10)3;9-7-10-6-8-4-2-1-3-5-8/h9-11H,4-8H2,1-3H3,(H,12,13);1-5,7H,6H2. The first-order valence-corrected chi connectivity index (χ1v) is 10.6. The summed E-state index contributed by atoms with van der Waals surface area (Å²) in [7, 11) is -3.12. The second kappa shape index (κ2) is 13.0. The molecule has 0 spiro atoms. The van der Waals surface area contributed by atoms with Crippen molar-refractivity contribution in [2.45, 2.75) is 39.8 Å². The van der Waals surface area contributed by atoms with Gasteiger partial charge in [-0.15, -0.1) is 0 Å². The summed E-state index contributed by atoms with van der Waals surface area (Å²) in [5, 5.41) is 6.31. The fourth-order valence-electron chi connectivity index (χ4n) is 2.52. The SMILES string of the molecule is CCOP(=O)(NC1CNCCC1C)OCC.O=COCc1ccccc1. The molecule has 2 rings (SSSR count). The lowest BCUT2D eigenvalue weighted by molar-refractivity contribution is -0.129. The van der Waals surface area contributed by atoms with Gasteiger partial charge in [-0.1, -0.05) is 37.3 Å². The highest BCUT2D eigenvalue weighted by atomic mass is 31.2. The Hall–Kier alpha value is -1.24. The molecule has 7 nitrogen and oxygen atoms in total. The Morgan fingerprint density at radius 3 is 2.42 bits per heavy atom. The monoisotopic (exact) mass is 386 g/mol. The fourth-order valence-corrected chi connectivity index (χ4v) is 4.18. The van der Waals surface area contributed by atoms with Gasteiger partial charge in [0.25, 0.3) is 6.47 Å². The van der Waals surface area contributed by atoms with Crippen molar-refractivity contribution in [1.82, 2.24) is 10.4 Å². The van der Waals surface area contributed by atoms with E-state index in [0.717, 1.165) is 25.1 Å². The van der Waals surface area contributed by atoms with Crippen LogP contribution in [0.25, 0.3) is 0 Å². The molecule has 26 heavy (non-hydrogen) atoms. The van der Waals surface area contributed by atoms with E-state index in [2.05, 4.69) is 22.1 Å². The lowest BCUT2D eigenvalue weighted by atomic mass is 9.96. The third-order valence-corrected chi connectivity index (χ3v) is 5.75. The van der Waals surface area contributed by atoms with Crippen molar-refractivity contribution in [2.75, 3.05) is 26.3 Å². The largest absolute Gasteiger partial charge is 0.463 e. The Morgan fingerprint density at radius 2 is 1.88 bits per heavy atom. The molecule has 0 aliphatic carbocycles. The summed E-state index contributed by atoms with van der Waals surface area (Å²) in [5.74, 6) is 0.482. The molecule has 1 saturated heterocycles. The van der Waals surface area contributed by atoms with Gasteiger partial charge in [0.15, 0.2) is 0 Å². The van der Waals surface area contributed by atoms with Crippen molar-refractivity contribution in [3.63, 3.8) is 0 Å². The van der Waals surface area contributed by atoms with E-state index in [9.17, 15) is 9.36 Å². The van der Waals surface area contributed by atoms with E-state index < -0.39 is 7.75 Å². The quantitative estimate of drug-likeness (QED) is 0.498. The number of ether oxygens (including phenoxy) is 1. The zero-order chi connectivity index (χ0) is 19.3. The number of rotatable bonds is 9. The van der Waals surface area contributed by atoms with E-state index in [-0.39, 0.29) is 6.04 Å². The number of hydrogen-bond donors (Lipinski definition) is 2. The molecule has 148 valence electrons. The molecule has 8 heteroatoms. The molecule has 1 aliphatic rings. The van der Waals surface area contributed by atoms with Crippen LogP contribution in [0.3, 0.4) is 0 Å². The predicted octanol–water partition coefficient (Wildman–Crippen LogP) is 3.11. The smallest absolute Gasteiger partial charge is 0.405 e. The lowest BCUT2D eigenvalue weighted by Gasteiger charge is -2.32. The van der Waals surface area contributed by atoms with Crippen LogP contribution in [0.4, 0.5) is 0 Å². The molecule has 1 heterocycles. The molecule has 0 radical (unpaired) electrons. The molecule has 1 fully saturated rings. The first-order valence-electron chi connectivity index (χ1n) is 9.01. The maximum atomic E-state index is 12.2. The van der Waals surface area contributed by atoms with Gasteiger partial charge in [-0.3, -0.25) is 13.8 Å². The average molecular weight is 386 g/mol. The number of carbonyl (C=O) groups excluding carboxylic acids is 1. The van der Waals surface area contributed by atoms with Gasteiger partial charge in [-0.2, -0.15) is 0 Å². The summed E-state index contributed by atoms with van der Waals surface area (Å²) >= 11 is 0. The number of nitrogens with one attached hydrogen (secondary N) is 2. The summed E-state index contributed by atoms with van der Waals surface area (Å²) < 4.78 is 27.2. The summed E-state index contributed by atoms with van der Waals surface area (Å²) in [6.07, 6.45) is 1.08. The summed E-state index contributed by atoms with van der Waals surface area (Å²) in [6, 6.07) is 9.70. The van der Waals surface area contributed by atoms with Crippen molar-refractivity contribution in [2.24, 2.45) is 5.92 Å². The maximum absolute atomic E-state index is 12.2. The minimum atomic E-state index is -3.12. The molecule has 2 N–H and O–H groups in total. The second-order valence-corrected chi connectivity index (χ2v) is 7.70. The fraction of sp³-hybridized carbons (Fsp3) is 0.611. The predicted molar refractivity (Wildman–Crippen MR) is 102 cm³/mol. The van der Waals surface area contributed by atoms with Crippen molar-refractivity contribution < 1.29 is 23.1 Å². The van der Waals surface area contributed by atoms with E-state index in [1.54, 1.807) is 0 Å². The van der Waals surface area contributed by atoms with Gasteiger partial charge in [0.05, 0.1) is 13.2 Å². The van der Waals surface area contributed by atoms with Crippen LogP contribution in [-0.2, 0) is 29.8 Å². The van der Waals surface area contributed by atoms with Crippen LogP contribution in [0.5, 0.6) is 0 Å². The Morgan fingerprint density at radius 1 is 1.23 bits per heavy atom. The third-order valence-electron chi connectivity index (χ3n) is 3.91. The number of carbonyl (C=O) groups is 1. The first kappa shape index (κ1) is 22.8. The van der Waals surface area contributed by atoms with E-state index >= 15 is 0 Å². The van der Waals surface area contributed by atoms with Gasteiger partial charge in [-0.05, 0) is 38.3 Å². The first-order chi connectivity index (χ1) is 12.5.